The molecule has 0 spiro atoms. The molecule has 1 aliphatic heterocycles. The Morgan fingerprint density at radius 1 is 1.20 bits per heavy atom. The van der Waals surface area contributed by atoms with Gasteiger partial charge in [0.2, 0.25) is 15.9 Å². The normalized spacial score (nSPS) is 16.9. The van der Waals surface area contributed by atoms with Crippen molar-refractivity contribution in [3.05, 3.63) is 58.7 Å². The van der Waals surface area contributed by atoms with Crippen LogP contribution in [0.2, 0.25) is 0 Å². The summed E-state index contributed by atoms with van der Waals surface area (Å²) in [4.78, 5) is 25.0. The summed E-state index contributed by atoms with van der Waals surface area (Å²) in [5, 5.41) is 9.34. The van der Waals surface area contributed by atoms with Crippen molar-refractivity contribution in [1.29, 1.82) is 0 Å². The number of aliphatic carboxylic acids is 1. The zero-order valence-electron chi connectivity index (χ0n) is 17.5. The van der Waals surface area contributed by atoms with Gasteiger partial charge in [0.1, 0.15) is 0 Å². The summed E-state index contributed by atoms with van der Waals surface area (Å²) >= 11 is 0. The number of amides is 1. The van der Waals surface area contributed by atoms with E-state index in [4.69, 9.17) is 0 Å². The lowest BCUT2D eigenvalue weighted by molar-refractivity contribution is -0.137. The second kappa shape index (κ2) is 8.20. The Bertz CT molecular complexity index is 1110. The Morgan fingerprint density at radius 3 is 2.53 bits per heavy atom. The van der Waals surface area contributed by atoms with Gasteiger partial charge in [-0.05, 0) is 62.1 Å². The van der Waals surface area contributed by atoms with Crippen molar-refractivity contribution >= 4 is 27.6 Å². The molecule has 0 unspecified atom stereocenters. The fraction of sp³-hybridized carbons (Fsp3) is 0.364. The number of carboxylic acids is 1. The maximum Gasteiger partial charge on any atom is 0.305 e. The van der Waals surface area contributed by atoms with Crippen molar-refractivity contribution < 1.29 is 23.1 Å². The molecule has 0 radical (unpaired) electrons. The number of sulfonamides is 1. The van der Waals surface area contributed by atoms with Crippen molar-refractivity contribution in [2.24, 2.45) is 0 Å². The van der Waals surface area contributed by atoms with Crippen LogP contribution in [0.15, 0.2) is 41.3 Å². The fourth-order valence-corrected chi connectivity index (χ4v) is 5.30. The highest BCUT2D eigenvalue weighted by atomic mass is 32.2. The highest BCUT2D eigenvalue weighted by Crippen LogP contribution is 2.34. The Balaban J connectivity index is 1.96. The van der Waals surface area contributed by atoms with Crippen LogP contribution in [-0.2, 0) is 26.0 Å². The molecule has 0 saturated heterocycles. The highest BCUT2D eigenvalue weighted by Gasteiger charge is 2.31. The topological polar surface area (TPSA) is 104 Å². The van der Waals surface area contributed by atoms with Crippen LogP contribution in [-0.4, -0.2) is 31.4 Å². The van der Waals surface area contributed by atoms with Crippen molar-refractivity contribution in [1.82, 2.24) is 4.72 Å². The lowest BCUT2D eigenvalue weighted by atomic mass is 9.97. The van der Waals surface area contributed by atoms with E-state index < -0.39 is 22.0 Å². The third-order valence-electron chi connectivity index (χ3n) is 5.40. The number of hydrogen-bond acceptors (Lipinski definition) is 4. The second-order valence-electron chi connectivity index (χ2n) is 7.86. The van der Waals surface area contributed by atoms with Crippen molar-refractivity contribution in [3.8, 4) is 0 Å². The predicted molar refractivity (Wildman–Crippen MR) is 114 cm³/mol. The summed E-state index contributed by atoms with van der Waals surface area (Å²) in [6, 6.07) is 9.27. The van der Waals surface area contributed by atoms with Gasteiger partial charge in [0.15, 0.2) is 0 Å². The summed E-state index contributed by atoms with van der Waals surface area (Å²) in [6.45, 7) is 7.10. The molecule has 8 heteroatoms. The van der Waals surface area contributed by atoms with E-state index in [2.05, 4.69) is 4.72 Å². The van der Waals surface area contributed by atoms with Crippen LogP contribution in [0.5, 0.6) is 0 Å². The lowest BCUT2D eigenvalue weighted by Crippen LogP contribution is -2.33. The molecule has 2 N–H and O–H groups in total. The van der Waals surface area contributed by atoms with Gasteiger partial charge in [0, 0.05) is 18.7 Å². The largest absolute Gasteiger partial charge is 0.481 e. The first kappa shape index (κ1) is 22.0. The van der Waals surface area contributed by atoms with Crippen LogP contribution in [0.25, 0.3) is 0 Å². The second-order valence-corrected chi connectivity index (χ2v) is 9.58. The zero-order chi connectivity index (χ0) is 22.2. The molecule has 2 aromatic rings. The number of carbonyl (C=O) groups excluding carboxylic acids is 1. The Kier molecular flexibility index (Phi) is 6.01. The molecule has 7 nitrogen and oxygen atoms in total. The number of aryl methyl sites for hydroxylation is 2. The molecule has 0 fully saturated rings. The van der Waals surface area contributed by atoms with Crippen LogP contribution >= 0.6 is 0 Å². The number of nitrogens with zero attached hydrogens (tertiary/aromatic N) is 1. The molecule has 0 aliphatic carbocycles. The summed E-state index contributed by atoms with van der Waals surface area (Å²) < 4.78 is 28.8. The standard InChI is InChI=1S/C22H26N2O5S/c1-13-5-6-14(2)19(9-13)20(12-22(26)27)23-30(28,29)18-7-8-21-17(11-18)10-15(3)24(21)16(4)25/h5-9,11,15,20,23H,10,12H2,1-4H3,(H,26,27)/t15-,20-/m1/s1. The van der Waals surface area contributed by atoms with Crippen LogP contribution in [0.3, 0.4) is 0 Å². The van der Waals surface area contributed by atoms with Gasteiger partial charge in [-0.1, -0.05) is 23.8 Å². The number of hydrogen-bond donors (Lipinski definition) is 2. The first-order valence-corrected chi connectivity index (χ1v) is 11.2. The average Bonchev–Trinajstić information content (AvgIpc) is 2.97. The number of fused-ring (bicyclic) bond motifs is 1. The van der Waals surface area contributed by atoms with Crippen LogP contribution in [0.4, 0.5) is 5.69 Å². The van der Waals surface area contributed by atoms with Gasteiger partial charge >= 0.3 is 5.97 Å². The van der Waals surface area contributed by atoms with Crippen LogP contribution in [0.1, 0.15) is 48.6 Å². The van der Waals surface area contributed by atoms with Crippen molar-refractivity contribution in [2.45, 2.75) is 57.5 Å². The van der Waals surface area contributed by atoms with E-state index in [1.807, 2.05) is 32.9 Å². The molecular formula is C22H26N2O5S. The minimum absolute atomic E-state index is 0.0434. The summed E-state index contributed by atoms with van der Waals surface area (Å²) in [7, 11) is -3.98. The number of rotatable bonds is 6. The van der Waals surface area contributed by atoms with E-state index in [1.54, 1.807) is 23.1 Å². The fourth-order valence-electron chi connectivity index (χ4n) is 4.03. The Labute approximate surface area is 176 Å². The van der Waals surface area contributed by atoms with E-state index in [9.17, 15) is 23.1 Å². The lowest BCUT2D eigenvalue weighted by Gasteiger charge is -2.21. The number of anilines is 1. The molecule has 0 bridgehead atoms. The number of carboxylic acid groups (broad SMARTS) is 1. The molecule has 160 valence electrons. The SMILES string of the molecule is CC(=O)N1c2ccc(S(=O)(=O)N[C@H](CC(=O)O)c3cc(C)ccc3C)cc2C[C@H]1C. The van der Waals surface area contributed by atoms with E-state index in [0.717, 1.165) is 16.7 Å². The van der Waals surface area contributed by atoms with Gasteiger partial charge in [0.05, 0.1) is 17.4 Å². The highest BCUT2D eigenvalue weighted by molar-refractivity contribution is 7.89. The van der Waals surface area contributed by atoms with E-state index in [0.29, 0.717) is 17.7 Å². The third kappa shape index (κ3) is 4.39. The zero-order valence-corrected chi connectivity index (χ0v) is 18.3. The molecule has 2 aromatic carbocycles. The minimum Gasteiger partial charge on any atom is -0.481 e. The molecule has 1 aliphatic rings. The predicted octanol–water partition coefficient (Wildman–Crippen LogP) is 3.10. The average molecular weight is 431 g/mol. The van der Waals surface area contributed by atoms with Gasteiger partial charge in [-0.25, -0.2) is 13.1 Å². The molecular weight excluding hydrogens is 404 g/mol. The first-order valence-electron chi connectivity index (χ1n) is 9.73. The molecule has 0 saturated carbocycles. The third-order valence-corrected chi connectivity index (χ3v) is 6.87. The van der Waals surface area contributed by atoms with Crippen LogP contribution < -0.4 is 9.62 Å². The monoisotopic (exact) mass is 430 g/mol. The van der Waals surface area contributed by atoms with Gasteiger partial charge in [-0.3, -0.25) is 9.59 Å². The number of carbonyl (C=O) groups is 2. The molecule has 0 aromatic heterocycles. The van der Waals surface area contributed by atoms with Gasteiger partial charge in [0.25, 0.3) is 0 Å². The van der Waals surface area contributed by atoms with E-state index in [-0.39, 0.29) is 23.3 Å². The van der Waals surface area contributed by atoms with Crippen LogP contribution in [0, 0.1) is 13.8 Å². The Hall–Kier alpha value is -2.71. The first-order chi connectivity index (χ1) is 14.0. The number of nitrogens with one attached hydrogen (secondary N) is 1. The quantitative estimate of drug-likeness (QED) is 0.733. The van der Waals surface area contributed by atoms with Gasteiger partial charge in [-0.15, -0.1) is 0 Å². The summed E-state index contributed by atoms with van der Waals surface area (Å²) in [6.07, 6.45) is 0.192. The van der Waals surface area contributed by atoms with E-state index in [1.165, 1.54) is 13.0 Å². The summed E-state index contributed by atoms with van der Waals surface area (Å²) in [5.74, 6) is -1.19. The van der Waals surface area contributed by atoms with E-state index >= 15 is 0 Å². The molecule has 1 amide bonds. The van der Waals surface area contributed by atoms with Gasteiger partial charge < -0.3 is 10.0 Å². The molecule has 3 rings (SSSR count). The summed E-state index contributed by atoms with van der Waals surface area (Å²) in [5.41, 5.74) is 3.86. The maximum atomic E-state index is 13.1. The van der Waals surface area contributed by atoms with Gasteiger partial charge in [-0.2, -0.15) is 0 Å². The maximum absolute atomic E-state index is 13.1. The molecule has 2 atom stereocenters. The number of benzene rings is 2. The Morgan fingerprint density at radius 2 is 1.90 bits per heavy atom. The molecule has 1 heterocycles. The molecule has 30 heavy (non-hydrogen) atoms. The minimum atomic E-state index is -3.98. The van der Waals surface area contributed by atoms with Crippen molar-refractivity contribution in [2.75, 3.05) is 4.90 Å². The smallest absolute Gasteiger partial charge is 0.305 e. The van der Waals surface area contributed by atoms with Crippen molar-refractivity contribution in [3.63, 3.8) is 0 Å².